The van der Waals surface area contributed by atoms with Crippen molar-refractivity contribution in [2.75, 3.05) is 0 Å². The molecule has 38 heavy (non-hydrogen) atoms. The Morgan fingerprint density at radius 3 is 2.24 bits per heavy atom. The Labute approximate surface area is 236 Å². The maximum atomic E-state index is 10.5. The zero-order valence-electron chi connectivity index (χ0n) is 21.1. The molecule has 0 saturated carbocycles. The van der Waals surface area contributed by atoms with E-state index in [1.165, 1.54) is 11.1 Å². The van der Waals surface area contributed by atoms with E-state index < -0.39 is 0 Å². The van der Waals surface area contributed by atoms with E-state index in [1.54, 1.807) is 6.07 Å². The Hall–Kier alpha value is -4.01. The summed E-state index contributed by atoms with van der Waals surface area (Å²) in [6.45, 7) is 2.23. The first kappa shape index (κ1) is 25.6. The third-order valence-electron chi connectivity index (χ3n) is 6.98. The zero-order valence-corrected chi connectivity index (χ0v) is 23.3. The average Bonchev–Trinajstić information content (AvgIpc) is 3.29. The molecule has 1 N–H and O–H groups in total. The molecule has 0 fully saturated rings. The molecule has 6 aromatic rings. The Kier molecular flexibility index (Phi) is 7.26. The predicted octanol–water partition coefficient (Wildman–Crippen LogP) is 7.62. The van der Waals surface area contributed by atoms with Crippen molar-refractivity contribution >= 4 is 11.0 Å². The van der Waals surface area contributed by atoms with Crippen LogP contribution < -0.4 is 0 Å². The number of rotatable bonds is 5. The van der Waals surface area contributed by atoms with Crippen molar-refractivity contribution in [3.05, 3.63) is 127 Å². The quantitative estimate of drug-likeness (QED) is 0.191. The second-order valence-corrected chi connectivity index (χ2v) is 9.27. The van der Waals surface area contributed by atoms with Crippen molar-refractivity contribution in [2.24, 2.45) is 7.05 Å². The van der Waals surface area contributed by atoms with Gasteiger partial charge in [-0.1, -0.05) is 84.8 Å². The molecule has 1 atom stereocenters. The van der Waals surface area contributed by atoms with E-state index in [2.05, 4.69) is 72.6 Å². The van der Waals surface area contributed by atoms with Crippen LogP contribution in [0.5, 0.6) is 5.75 Å². The minimum atomic E-state index is 0. The molecular weight excluding hydrogens is 649 g/mol. The first-order chi connectivity index (χ1) is 18.1. The molecule has 0 radical (unpaired) electrons. The van der Waals surface area contributed by atoms with Gasteiger partial charge < -0.3 is 9.67 Å². The van der Waals surface area contributed by atoms with E-state index in [0.717, 1.165) is 39.2 Å². The predicted molar refractivity (Wildman–Crippen MR) is 149 cm³/mol. The zero-order chi connectivity index (χ0) is 25.4. The molecule has 0 aliphatic carbocycles. The van der Waals surface area contributed by atoms with Crippen molar-refractivity contribution < 1.29 is 26.2 Å². The van der Waals surface area contributed by atoms with E-state index in [9.17, 15) is 5.11 Å². The fourth-order valence-corrected chi connectivity index (χ4v) is 4.92. The number of hydrogen-bond donors (Lipinski definition) is 1. The molecule has 1 unspecified atom stereocenters. The summed E-state index contributed by atoms with van der Waals surface area (Å²) in [6, 6.07) is 38.0. The first-order valence-electron chi connectivity index (χ1n) is 12.4. The summed E-state index contributed by atoms with van der Waals surface area (Å²) in [5, 5.41) is 10.5. The van der Waals surface area contributed by atoms with Gasteiger partial charge in [0.2, 0.25) is 0 Å². The van der Waals surface area contributed by atoms with Gasteiger partial charge in [-0.15, -0.1) is 29.3 Å². The summed E-state index contributed by atoms with van der Waals surface area (Å²) in [5.74, 6) is 1.13. The van der Waals surface area contributed by atoms with Gasteiger partial charge in [0, 0.05) is 40.0 Å². The fraction of sp³-hybridized carbons (Fsp3) is 0.0909. The van der Waals surface area contributed by atoms with Crippen LogP contribution in [-0.4, -0.2) is 19.6 Å². The SMILES string of the molecule is CC(c1ccccc1)c1cc(-c2ccccn2)[c-]c(-c2cccc3c2nc(-c2ccccc2O)n3C)c1.[Pt]. The number of phenols is 1. The van der Waals surface area contributed by atoms with Gasteiger partial charge in [0.25, 0.3) is 0 Å². The minimum absolute atomic E-state index is 0. The molecule has 6 rings (SSSR count). The maximum absolute atomic E-state index is 10.5. The third-order valence-corrected chi connectivity index (χ3v) is 6.98. The van der Waals surface area contributed by atoms with E-state index in [1.807, 2.05) is 60.3 Å². The largest absolute Gasteiger partial charge is 0.507 e. The number of benzene rings is 4. The van der Waals surface area contributed by atoms with Crippen molar-refractivity contribution in [1.29, 1.82) is 0 Å². The molecule has 4 aromatic carbocycles. The topological polar surface area (TPSA) is 50.9 Å². The molecule has 5 heteroatoms. The van der Waals surface area contributed by atoms with Crippen LogP contribution >= 0.6 is 0 Å². The Morgan fingerprint density at radius 2 is 1.47 bits per heavy atom. The van der Waals surface area contributed by atoms with Crippen molar-refractivity contribution in [2.45, 2.75) is 12.8 Å². The normalized spacial score (nSPS) is 11.7. The number of aromatic nitrogens is 3. The number of pyridine rings is 1. The number of para-hydroxylation sites is 2. The van der Waals surface area contributed by atoms with Crippen LogP contribution in [0.25, 0.3) is 44.8 Å². The van der Waals surface area contributed by atoms with Crippen LogP contribution in [0.4, 0.5) is 0 Å². The molecule has 0 saturated heterocycles. The Morgan fingerprint density at radius 1 is 0.763 bits per heavy atom. The second kappa shape index (κ2) is 10.8. The number of hydrogen-bond acceptors (Lipinski definition) is 3. The molecular formula is C33H26N3OPt-. The van der Waals surface area contributed by atoms with Crippen LogP contribution in [0, 0.1) is 6.07 Å². The Balaban J connectivity index is 0.00000294. The van der Waals surface area contributed by atoms with Gasteiger partial charge in [0.05, 0.1) is 16.6 Å². The van der Waals surface area contributed by atoms with Crippen LogP contribution in [0.1, 0.15) is 24.0 Å². The van der Waals surface area contributed by atoms with E-state index >= 15 is 0 Å². The van der Waals surface area contributed by atoms with Gasteiger partial charge in [-0.3, -0.25) is 4.98 Å². The number of nitrogens with zero attached hydrogens (tertiary/aromatic N) is 3. The fourth-order valence-electron chi connectivity index (χ4n) is 4.92. The van der Waals surface area contributed by atoms with Gasteiger partial charge in [0.1, 0.15) is 11.6 Å². The van der Waals surface area contributed by atoms with Gasteiger partial charge in [-0.25, -0.2) is 4.98 Å². The number of phenolic OH excluding ortho intramolecular Hbond substituents is 1. The molecule has 0 spiro atoms. The van der Waals surface area contributed by atoms with Crippen LogP contribution in [0.3, 0.4) is 0 Å². The molecule has 0 aliphatic rings. The summed E-state index contributed by atoms with van der Waals surface area (Å²) >= 11 is 0. The van der Waals surface area contributed by atoms with Crippen LogP contribution in [0.15, 0.2) is 109 Å². The average molecular weight is 676 g/mol. The third kappa shape index (κ3) is 4.68. The van der Waals surface area contributed by atoms with Crippen LogP contribution in [-0.2, 0) is 28.1 Å². The molecule has 0 aliphatic heterocycles. The monoisotopic (exact) mass is 675 g/mol. The smallest absolute Gasteiger partial charge is 0.143 e. The number of aryl methyl sites for hydroxylation is 1. The van der Waals surface area contributed by atoms with Gasteiger partial charge in [-0.05, 0) is 35.7 Å². The van der Waals surface area contributed by atoms with E-state index in [-0.39, 0.29) is 32.7 Å². The van der Waals surface area contributed by atoms with E-state index in [4.69, 9.17) is 4.98 Å². The summed E-state index contributed by atoms with van der Waals surface area (Å²) in [6.07, 6.45) is 1.81. The summed E-state index contributed by atoms with van der Waals surface area (Å²) < 4.78 is 2.03. The first-order valence-corrected chi connectivity index (χ1v) is 12.4. The van der Waals surface area contributed by atoms with Crippen molar-refractivity contribution in [3.8, 4) is 39.5 Å². The van der Waals surface area contributed by atoms with Gasteiger partial charge in [-0.2, -0.15) is 0 Å². The number of aromatic hydroxyl groups is 1. The molecule has 2 heterocycles. The number of fused-ring (bicyclic) bond motifs is 1. The Bertz CT molecular complexity index is 1710. The van der Waals surface area contributed by atoms with Gasteiger partial charge in [0.15, 0.2) is 0 Å². The number of imidazole rings is 1. The molecule has 2 aromatic heterocycles. The molecule has 0 amide bonds. The second-order valence-electron chi connectivity index (χ2n) is 9.27. The summed E-state index contributed by atoms with van der Waals surface area (Å²) in [4.78, 5) is 9.63. The van der Waals surface area contributed by atoms with E-state index in [0.29, 0.717) is 5.56 Å². The van der Waals surface area contributed by atoms with Crippen molar-refractivity contribution in [1.82, 2.24) is 14.5 Å². The molecule has 0 bridgehead atoms. The van der Waals surface area contributed by atoms with Crippen LogP contribution in [0.2, 0.25) is 0 Å². The summed E-state index contributed by atoms with van der Waals surface area (Å²) in [5.41, 5.74) is 8.80. The van der Waals surface area contributed by atoms with Gasteiger partial charge >= 0.3 is 0 Å². The minimum Gasteiger partial charge on any atom is -0.507 e. The summed E-state index contributed by atoms with van der Waals surface area (Å²) in [7, 11) is 1.98. The standard InChI is InChI=1S/C33H26N3O.Pt/c1-22(23-11-4-3-5-12-23)24-19-25(21-26(20-24)29-15-8-9-18-34-29)27-14-10-16-30-32(27)35-33(36(30)2)28-13-6-7-17-31(28)37;/h3-20,22,37H,1-2H3;/q-1;. The molecule has 190 valence electrons. The van der Waals surface area contributed by atoms with Crippen molar-refractivity contribution in [3.63, 3.8) is 0 Å². The molecule has 4 nitrogen and oxygen atoms in total. The maximum Gasteiger partial charge on any atom is 0.143 e.